The van der Waals surface area contributed by atoms with E-state index in [1.807, 2.05) is 0 Å². The predicted molar refractivity (Wildman–Crippen MR) is 80.9 cm³/mol. The summed E-state index contributed by atoms with van der Waals surface area (Å²) in [5.41, 5.74) is 0. The van der Waals surface area contributed by atoms with E-state index in [4.69, 9.17) is 9.47 Å². The average Bonchev–Trinajstić information content (AvgIpc) is 2.08. The van der Waals surface area contributed by atoms with Crippen molar-refractivity contribution in [3.63, 3.8) is 0 Å². The van der Waals surface area contributed by atoms with Crippen LogP contribution in [0.4, 0.5) is 0 Å². The second-order valence-corrected chi connectivity index (χ2v) is 15.8. The molecule has 0 atom stereocenters. The summed E-state index contributed by atoms with van der Waals surface area (Å²) in [6, 6.07) is 0. The molecule has 0 bridgehead atoms. The molecule has 0 aliphatic rings. The average molecular weight is 620 g/mol. The Hall–Kier alpha value is 1.82. The Morgan fingerprint density at radius 2 is 1.00 bits per heavy atom. The molecule has 0 amide bonds. The van der Waals surface area contributed by atoms with Crippen LogP contribution in [0, 0.1) is 0 Å². The SMILES string of the molecule is O=C(OCCOC(=O)C(Br)(Br)Br)C(Br)(Br)Br. The van der Waals surface area contributed by atoms with Gasteiger partial charge in [0.15, 0.2) is 0 Å². The summed E-state index contributed by atoms with van der Waals surface area (Å²) < 4.78 is 7.31. The minimum atomic E-state index is -1.11. The zero-order valence-corrected chi connectivity index (χ0v) is 16.8. The number of halogens is 6. The molecule has 0 saturated heterocycles. The molecule has 0 unspecified atom stereocenters. The van der Waals surface area contributed by atoms with Gasteiger partial charge in [-0.2, -0.15) is 0 Å². The van der Waals surface area contributed by atoms with Gasteiger partial charge in [-0.3, -0.25) is 0 Å². The molecule has 0 fully saturated rings. The molecule has 0 spiro atoms. The predicted octanol–water partition coefficient (Wildman–Crippen LogP) is 3.75. The zero-order chi connectivity index (χ0) is 13.0. The number of alkyl halides is 6. The molecule has 0 radical (unpaired) electrons. The van der Waals surface area contributed by atoms with Crippen LogP contribution in [-0.4, -0.2) is 29.4 Å². The third kappa shape index (κ3) is 8.02. The summed E-state index contributed by atoms with van der Waals surface area (Å²) >= 11 is 17.9. The molecule has 0 aliphatic carbocycles. The fourth-order valence-corrected chi connectivity index (χ4v) is 1.12. The Balaban J connectivity index is 3.79. The second-order valence-electron chi connectivity index (χ2n) is 2.27. The molecule has 0 heterocycles. The smallest absolute Gasteiger partial charge is 0.345 e. The highest BCUT2D eigenvalue weighted by Gasteiger charge is 2.32. The Kier molecular flexibility index (Phi) is 8.26. The maximum absolute atomic E-state index is 11.2. The molecule has 0 rings (SSSR count). The first-order valence-electron chi connectivity index (χ1n) is 3.53. The number of hydrogen-bond donors (Lipinski definition) is 0. The molecule has 0 N–H and O–H groups in total. The molecule has 0 aromatic carbocycles. The molecular weight excluding hydrogens is 615 g/mol. The van der Waals surface area contributed by atoms with Crippen LogP contribution in [0.25, 0.3) is 0 Å². The van der Waals surface area contributed by atoms with Crippen molar-refractivity contribution < 1.29 is 19.1 Å². The van der Waals surface area contributed by atoms with Gasteiger partial charge in [0.2, 0.25) is 4.29 Å². The van der Waals surface area contributed by atoms with Crippen molar-refractivity contribution in [2.24, 2.45) is 0 Å². The first kappa shape index (κ1) is 17.8. The minimum absolute atomic E-state index is 0.0434. The molecule has 10 heteroatoms. The van der Waals surface area contributed by atoms with E-state index in [0.717, 1.165) is 0 Å². The highest BCUT2D eigenvalue weighted by atomic mass is 80.0. The quantitative estimate of drug-likeness (QED) is 0.275. The monoisotopic (exact) mass is 614 g/mol. The van der Waals surface area contributed by atoms with Crippen LogP contribution in [0.15, 0.2) is 0 Å². The standard InChI is InChI=1S/C6H4Br6O4/c7-5(8,9)3(13)15-1-2-16-4(14)6(10,11)12/h1-2H2. The summed E-state index contributed by atoms with van der Waals surface area (Å²) in [7, 11) is 0. The minimum Gasteiger partial charge on any atom is -0.460 e. The maximum atomic E-state index is 11.2. The van der Waals surface area contributed by atoms with E-state index in [-0.39, 0.29) is 13.2 Å². The van der Waals surface area contributed by atoms with E-state index in [2.05, 4.69) is 95.6 Å². The van der Waals surface area contributed by atoms with E-state index in [9.17, 15) is 9.59 Å². The molecule has 4 nitrogen and oxygen atoms in total. The second kappa shape index (κ2) is 7.42. The van der Waals surface area contributed by atoms with Crippen LogP contribution in [-0.2, 0) is 19.1 Å². The van der Waals surface area contributed by atoms with Gasteiger partial charge in [-0.25, -0.2) is 9.59 Å². The van der Waals surface area contributed by atoms with Gasteiger partial charge < -0.3 is 9.47 Å². The van der Waals surface area contributed by atoms with Crippen LogP contribution < -0.4 is 0 Å². The molecule has 0 saturated carbocycles. The maximum Gasteiger partial charge on any atom is 0.345 e. The fourth-order valence-electron chi connectivity index (χ4n) is 0.432. The van der Waals surface area contributed by atoms with Gasteiger partial charge in [-0.15, -0.1) is 0 Å². The molecule has 16 heavy (non-hydrogen) atoms. The van der Waals surface area contributed by atoms with Gasteiger partial charge in [0, 0.05) is 0 Å². The molecule has 0 aromatic heterocycles. The number of hydrogen-bond acceptors (Lipinski definition) is 4. The largest absolute Gasteiger partial charge is 0.460 e. The summed E-state index contributed by atoms with van der Waals surface area (Å²) in [6.07, 6.45) is 0. The van der Waals surface area contributed by atoms with Gasteiger partial charge in [-0.1, -0.05) is 0 Å². The normalized spacial score (nSPS) is 12.1. The summed E-state index contributed by atoms with van der Waals surface area (Å²) in [5, 5.41) is 0. The van der Waals surface area contributed by atoms with Gasteiger partial charge in [-0.05, 0) is 95.6 Å². The zero-order valence-electron chi connectivity index (χ0n) is 7.31. The third-order valence-corrected chi connectivity index (χ3v) is 2.95. The van der Waals surface area contributed by atoms with Crippen LogP contribution in [0.3, 0.4) is 0 Å². The summed E-state index contributed by atoms with van der Waals surface area (Å²) in [4.78, 5) is 22.4. The molecular formula is C6H4Br6O4. The van der Waals surface area contributed by atoms with Crippen LogP contribution in [0.5, 0.6) is 0 Å². The van der Waals surface area contributed by atoms with Crippen molar-refractivity contribution >= 4 is 108 Å². The van der Waals surface area contributed by atoms with Crippen molar-refractivity contribution in [3.05, 3.63) is 0 Å². The van der Waals surface area contributed by atoms with E-state index in [0.29, 0.717) is 0 Å². The molecule has 0 aromatic rings. The Bertz CT molecular complexity index is 239. The lowest BCUT2D eigenvalue weighted by Crippen LogP contribution is -2.25. The highest BCUT2D eigenvalue weighted by molar-refractivity contribution is 9.40. The van der Waals surface area contributed by atoms with E-state index in [1.54, 1.807) is 0 Å². The Morgan fingerprint density at radius 3 is 1.19 bits per heavy atom. The van der Waals surface area contributed by atoms with Crippen molar-refractivity contribution in [3.8, 4) is 0 Å². The number of rotatable bonds is 3. The van der Waals surface area contributed by atoms with Crippen LogP contribution in [0.1, 0.15) is 0 Å². The molecule has 94 valence electrons. The van der Waals surface area contributed by atoms with Gasteiger partial charge in [0.1, 0.15) is 13.2 Å². The van der Waals surface area contributed by atoms with E-state index >= 15 is 0 Å². The van der Waals surface area contributed by atoms with Gasteiger partial charge in [0.25, 0.3) is 0 Å². The lowest BCUT2D eigenvalue weighted by atomic mass is 10.7. The first-order chi connectivity index (χ1) is 7.05. The van der Waals surface area contributed by atoms with Crippen LogP contribution >= 0.6 is 95.6 Å². The van der Waals surface area contributed by atoms with E-state index < -0.39 is 16.2 Å². The first-order valence-corrected chi connectivity index (χ1v) is 8.29. The van der Waals surface area contributed by atoms with Crippen molar-refractivity contribution in [1.29, 1.82) is 0 Å². The number of carbonyl (C=O) groups excluding carboxylic acids is 2. The van der Waals surface area contributed by atoms with Crippen molar-refractivity contribution in [1.82, 2.24) is 0 Å². The summed E-state index contributed by atoms with van der Waals surface area (Å²) in [5.74, 6) is -1.15. The summed E-state index contributed by atoms with van der Waals surface area (Å²) in [6.45, 7) is -0.0869. The lowest BCUT2D eigenvalue weighted by molar-refractivity contribution is -0.150. The number of carbonyl (C=O) groups is 2. The highest BCUT2D eigenvalue weighted by Crippen LogP contribution is 2.35. The number of esters is 2. The van der Waals surface area contributed by atoms with Gasteiger partial charge in [0.05, 0.1) is 0 Å². The third-order valence-electron chi connectivity index (χ3n) is 1.01. The Labute approximate surface area is 142 Å². The van der Waals surface area contributed by atoms with E-state index in [1.165, 1.54) is 0 Å². The number of ether oxygens (including phenoxy) is 2. The van der Waals surface area contributed by atoms with Gasteiger partial charge >= 0.3 is 11.9 Å². The van der Waals surface area contributed by atoms with Crippen molar-refractivity contribution in [2.75, 3.05) is 13.2 Å². The Morgan fingerprint density at radius 1 is 0.750 bits per heavy atom. The topological polar surface area (TPSA) is 52.6 Å². The van der Waals surface area contributed by atoms with Crippen LogP contribution in [0.2, 0.25) is 0 Å². The fraction of sp³-hybridized carbons (Fsp3) is 0.667. The molecule has 0 aliphatic heterocycles. The van der Waals surface area contributed by atoms with Crippen molar-refractivity contribution in [2.45, 2.75) is 4.29 Å². The lowest BCUT2D eigenvalue weighted by Gasteiger charge is -2.13.